The third kappa shape index (κ3) is 7.98. The van der Waals surface area contributed by atoms with E-state index in [0.717, 1.165) is 24.3 Å². The van der Waals surface area contributed by atoms with Crippen LogP contribution in [0.3, 0.4) is 0 Å². The van der Waals surface area contributed by atoms with Crippen molar-refractivity contribution in [1.29, 1.82) is 0 Å². The highest BCUT2D eigenvalue weighted by Crippen LogP contribution is 2.15. The first-order chi connectivity index (χ1) is 12.3. The number of rotatable bonds is 11. The van der Waals surface area contributed by atoms with Crippen molar-refractivity contribution in [3.63, 3.8) is 0 Å². The maximum absolute atomic E-state index is 11.8. The maximum atomic E-state index is 11.8. The lowest BCUT2D eigenvalue weighted by Crippen LogP contribution is -2.07. The number of anilines is 1. The number of nitrogens with one attached hydrogen (secondary N) is 1. The first-order valence-electron chi connectivity index (χ1n) is 8.89. The van der Waals surface area contributed by atoms with Crippen molar-refractivity contribution in [3.8, 4) is 5.75 Å². The summed E-state index contributed by atoms with van der Waals surface area (Å²) >= 11 is 1.40. The van der Waals surface area contributed by atoms with Gasteiger partial charge in [-0.25, -0.2) is 4.98 Å². The van der Waals surface area contributed by atoms with Crippen molar-refractivity contribution in [2.75, 3.05) is 11.9 Å². The highest BCUT2D eigenvalue weighted by Gasteiger charge is 1.99. The number of thiazole rings is 1. The Labute approximate surface area is 153 Å². The number of amides is 1. The van der Waals surface area contributed by atoms with Gasteiger partial charge in [-0.05, 0) is 30.2 Å². The topological polar surface area (TPSA) is 51.2 Å². The summed E-state index contributed by atoms with van der Waals surface area (Å²) in [5.74, 6) is 0.691. The van der Waals surface area contributed by atoms with Crippen LogP contribution in [-0.2, 0) is 4.79 Å². The van der Waals surface area contributed by atoms with Crippen molar-refractivity contribution < 1.29 is 9.53 Å². The van der Waals surface area contributed by atoms with E-state index in [0.29, 0.717) is 5.13 Å². The van der Waals surface area contributed by atoms with Gasteiger partial charge in [0.15, 0.2) is 5.13 Å². The fourth-order valence-corrected chi connectivity index (χ4v) is 2.88. The molecular weight excluding hydrogens is 332 g/mol. The molecule has 5 heteroatoms. The zero-order chi connectivity index (χ0) is 17.7. The van der Waals surface area contributed by atoms with Crippen molar-refractivity contribution >= 4 is 28.5 Å². The largest absolute Gasteiger partial charge is 0.494 e. The summed E-state index contributed by atoms with van der Waals surface area (Å²) in [5.41, 5.74) is 0.959. The van der Waals surface area contributed by atoms with Gasteiger partial charge in [-0.1, -0.05) is 51.2 Å². The predicted molar refractivity (Wildman–Crippen MR) is 105 cm³/mol. The van der Waals surface area contributed by atoms with E-state index < -0.39 is 0 Å². The summed E-state index contributed by atoms with van der Waals surface area (Å²) < 4.78 is 5.75. The summed E-state index contributed by atoms with van der Waals surface area (Å²) in [6.45, 7) is 2.99. The van der Waals surface area contributed by atoms with Crippen LogP contribution in [0.5, 0.6) is 5.75 Å². The monoisotopic (exact) mass is 358 g/mol. The molecule has 0 aliphatic heterocycles. The quantitative estimate of drug-likeness (QED) is 0.424. The minimum absolute atomic E-state index is 0.182. The van der Waals surface area contributed by atoms with Crippen LogP contribution < -0.4 is 10.1 Å². The summed E-state index contributed by atoms with van der Waals surface area (Å²) in [7, 11) is 0. The van der Waals surface area contributed by atoms with Crippen LogP contribution in [0.1, 0.15) is 51.0 Å². The van der Waals surface area contributed by atoms with Crippen LogP contribution in [0.4, 0.5) is 5.13 Å². The Kier molecular flexibility index (Phi) is 8.77. The number of carbonyl (C=O) groups excluding carboxylic acids is 1. The highest BCUT2D eigenvalue weighted by molar-refractivity contribution is 7.13. The number of hydrogen-bond acceptors (Lipinski definition) is 4. The van der Waals surface area contributed by atoms with Gasteiger partial charge in [0.1, 0.15) is 5.75 Å². The fraction of sp³-hybridized carbons (Fsp3) is 0.400. The van der Waals surface area contributed by atoms with Gasteiger partial charge in [0.25, 0.3) is 0 Å². The number of nitrogens with zero attached hydrogens (tertiary/aromatic N) is 1. The standard InChI is InChI=1S/C20H26N2O2S/c1-2-3-4-5-6-7-15-24-18-11-8-17(9-12-18)10-13-19(23)22-20-21-14-16-25-20/h8-14,16H,2-7,15H2,1H3,(H,21,22,23). The van der Waals surface area contributed by atoms with E-state index in [1.807, 2.05) is 29.6 Å². The van der Waals surface area contributed by atoms with E-state index in [4.69, 9.17) is 4.74 Å². The summed E-state index contributed by atoms with van der Waals surface area (Å²) in [6.07, 6.45) is 12.5. The van der Waals surface area contributed by atoms with Crippen molar-refractivity contribution in [2.24, 2.45) is 0 Å². The Morgan fingerprint density at radius 1 is 1.16 bits per heavy atom. The highest BCUT2D eigenvalue weighted by atomic mass is 32.1. The molecule has 2 rings (SSSR count). The number of unbranched alkanes of at least 4 members (excludes halogenated alkanes) is 5. The maximum Gasteiger partial charge on any atom is 0.250 e. The Morgan fingerprint density at radius 3 is 2.64 bits per heavy atom. The molecule has 25 heavy (non-hydrogen) atoms. The minimum atomic E-state index is -0.182. The molecule has 0 saturated heterocycles. The smallest absolute Gasteiger partial charge is 0.250 e. The lowest BCUT2D eigenvalue weighted by atomic mass is 10.1. The van der Waals surface area contributed by atoms with Crippen molar-refractivity contribution in [3.05, 3.63) is 47.5 Å². The SMILES string of the molecule is CCCCCCCCOc1ccc(C=CC(=O)Nc2nccs2)cc1. The predicted octanol–water partition coefficient (Wildman–Crippen LogP) is 5.53. The molecule has 1 amide bonds. The van der Waals surface area contributed by atoms with E-state index in [1.54, 1.807) is 12.3 Å². The molecule has 0 spiro atoms. The van der Waals surface area contributed by atoms with Gasteiger partial charge in [0.05, 0.1) is 6.61 Å². The molecule has 0 fully saturated rings. The Hall–Kier alpha value is -2.14. The number of benzene rings is 1. The van der Waals surface area contributed by atoms with Crippen LogP contribution in [0.2, 0.25) is 0 Å². The molecular formula is C20H26N2O2S. The number of aromatic nitrogens is 1. The molecule has 0 saturated carbocycles. The van der Waals surface area contributed by atoms with Gasteiger partial charge >= 0.3 is 0 Å². The summed E-state index contributed by atoms with van der Waals surface area (Å²) in [4.78, 5) is 15.8. The fourth-order valence-electron chi connectivity index (χ4n) is 2.35. The molecule has 0 aliphatic rings. The van der Waals surface area contributed by atoms with Gasteiger partial charge in [0.2, 0.25) is 5.91 Å². The lowest BCUT2D eigenvalue weighted by Gasteiger charge is -2.06. The average Bonchev–Trinajstić information content (AvgIpc) is 3.13. The van der Waals surface area contributed by atoms with E-state index >= 15 is 0 Å². The summed E-state index contributed by atoms with van der Waals surface area (Å²) in [6, 6.07) is 7.78. The molecule has 0 unspecified atom stereocenters. The molecule has 0 bridgehead atoms. The first kappa shape index (κ1) is 19.2. The van der Waals surface area contributed by atoms with E-state index in [1.165, 1.54) is 49.5 Å². The Balaban J connectivity index is 1.67. The van der Waals surface area contributed by atoms with Gasteiger partial charge in [-0.2, -0.15) is 0 Å². The Bertz CT molecular complexity index is 636. The van der Waals surface area contributed by atoms with Crippen LogP contribution in [0.15, 0.2) is 41.9 Å². The van der Waals surface area contributed by atoms with Crippen LogP contribution >= 0.6 is 11.3 Å². The zero-order valence-electron chi connectivity index (χ0n) is 14.7. The van der Waals surface area contributed by atoms with Crippen LogP contribution in [0, 0.1) is 0 Å². The number of carbonyl (C=O) groups is 1. The average molecular weight is 359 g/mol. The second-order valence-electron chi connectivity index (χ2n) is 5.85. The van der Waals surface area contributed by atoms with Gasteiger partial charge < -0.3 is 4.74 Å². The van der Waals surface area contributed by atoms with Crippen molar-refractivity contribution in [2.45, 2.75) is 45.4 Å². The molecule has 1 aromatic carbocycles. The molecule has 0 atom stereocenters. The second kappa shape index (κ2) is 11.4. The third-order valence-electron chi connectivity index (χ3n) is 3.74. The van der Waals surface area contributed by atoms with E-state index in [2.05, 4.69) is 17.2 Å². The molecule has 4 nitrogen and oxygen atoms in total. The molecule has 1 heterocycles. The van der Waals surface area contributed by atoms with Crippen molar-refractivity contribution in [1.82, 2.24) is 4.98 Å². The molecule has 0 radical (unpaired) electrons. The van der Waals surface area contributed by atoms with Gasteiger partial charge in [0, 0.05) is 17.7 Å². The lowest BCUT2D eigenvalue weighted by molar-refractivity contribution is -0.111. The normalized spacial score (nSPS) is 10.9. The number of ether oxygens (including phenoxy) is 1. The second-order valence-corrected chi connectivity index (χ2v) is 6.74. The van der Waals surface area contributed by atoms with Gasteiger partial charge in [-0.15, -0.1) is 11.3 Å². The molecule has 2 aromatic rings. The molecule has 134 valence electrons. The zero-order valence-corrected chi connectivity index (χ0v) is 15.6. The van der Waals surface area contributed by atoms with Crippen LogP contribution in [0.25, 0.3) is 6.08 Å². The van der Waals surface area contributed by atoms with Crippen LogP contribution in [-0.4, -0.2) is 17.5 Å². The minimum Gasteiger partial charge on any atom is -0.494 e. The first-order valence-corrected chi connectivity index (χ1v) is 9.77. The Morgan fingerprint density at radius 2 is 1.92 bits per heavy atom. The van der Waals surface area contributed by atoms with E-state index in [9.17, 15) is 4.79 Å². The van der Waals surface area contributed by atoms with E-state index in [-0.39, 0.29) is 5.91 Å². The van der Waals surface area contributed by atoms with Gasteiger partial charge in [-0.3, -0.25) is 10.1 Å². The third-order valence-corrected chi connectivity index (χ3v) is 4.42. The molecule has 1 aromatic heterocycles. The summed E-state index contributed by atoms with van der Waals surface area (Å²) in [5, 5.41) is 5.14. The molecule has 1 N–H and O–H groups in total. The number of hydrogen-bond donors (Lipinski definition) is 1. The molecule has 0 aliphatic carbocycles.